The van der Waals surface area contributed by atoms with Gasteiger partial charge in [-0.25, -0.2) is 0 Å². The summed E-state index contributed by atoms with van der Waals surface area (Å²) in [5.41, 5.74) is 23.9. The van der Waals surface area contributed by atoms with Gasteiger partial charge in [0.25, 0.3) is 6.71 Å². The molecule has 0 aliphatic carbocycles. The minimum absolute atomic E-state index is 0.00516. The normalized spacial score (nSPS) is 13.1. The fraction of sp³-hybridized carbons (Fsp3) is 0.150. The van der Waals surface area contributed by atoms with E-state index in [2.05, 4.69) is 326 Å². The highest BCUT2D eigenvalue weighted by Crippen LogP contribution is 2.53. The van der Waals surface area contributed by atoms with Crippen molar-refractivity contribution in [3.05, 3.63) is 265 Å². The Kier molecular flexibility index (Phi) is 12.7. The maximum absolute atomic E-state index is 2.67. The first-order valence-corrected chi connectivity index (χ1v) is 31.9. The monoisotopic (exact) mass is 1150 g/mol. The summed E-state index contributed by atoms with van der Waals surface area (Å²) in [7, 11) is 0. The summed E-state index contributed by atoms with van der Waals surface area (Å²) < 4.78 is 5.21. The Morgan fingerprint density at radius 3 is 1.47 bits per heavy atom. The van der Waals surface area contributed by atoms with Gasteiger partial charge in [-0.3, -0.25) is 0 Å². The number of hydrogen-bond donors (Lipinski definition) is 0. The van der Waals surface area contributed by atoms with Gasteiger partial charge >= 0.3 is 0 Å². The van der Waals surface area contributed by atoms with Gasteiger partial charge in [0.05, 0.1) is 5.69 Å². The predicted octanol–water partition coefficient (Wildman–Crippen LogP) is 21.7. The molecule has 3 nitrogen and oxygen atoms in total. The summed E-state index contributed by atoms with van der Waals surface area (Å²) in [6, 6.07) is 94.3. The minimum atomic E-state index is -0.248. The van der Waals surface area contributed by atoms with Gasteiger partial charge < -0.3 is 14.7 Å². The number of hydrogen-bond acceptors (Lipinski definition) is 5. The van der Waals surface area contributed by atoms with Gasteiger partial charge in [0.15, 0.2) is 0 Å². The van der Waals surface area contributed by atoms with Crippen molar-refractivity contribution in [2.45, 2.75) is 78.6 Å². The number of thiophene rings is 2. The molecule has 2 aliphatic heterocycles. The van der Waals surface area contributed by atoms with Crippen LogP contribution in [0.3, 0.4) is 0 Å². The molecule has 0 fully saturated rings. The molecule has 11 aromatic carbocycles. The Balaban J connectivity index is 1.06. The van der Waals surface area contributed by atoms with Crippen LogP contribution in [0, 0.1) is 0 Å². The Bertz CT molecular complexity index is 4690. The first-order chi connectivity index (χ1) is 41.5. The first kappa shape index (κ1) is 53.8. The average molecular weight is 1150 g/mol. The summed E-state index contributed by atoms with van der Waals surface area (Å²) in [4.78, 5) is 7.79. The van der Waals surface area contributed by atoms with E-state index in [1.807, 2.05) is 22.7 Å². The second kappa shape index (κ2) is 20.4. The lowest BCUT2D eigenvalue weighted by Gasteiger charge is -2.45. The number of anilines is 9. The van der Waals surface area contributed by atoms with Gasteiger partial charge in [-0.2, -0.15) is 0 Å². The second-order valence-corrected chi connectivity index (χ2v) is 28.8. The van der Waals surface area contributed by atoms with E-state index in [1.165, 1.54) is 124 Å². The zero-order chi connectivity index (χ0) is 58.8. The van der Waals surface area contributed by atoms with E-state index in [-0.39, 0.29) is 23.0 Å². The molecule has 0 spiro atoms. The molecule has 418 valence electrons. The Labute approximate surface area is 515 Å². The van der Waals surface area contributed by atoms with Gasteiger partial charge in [0.2, 0.25) is 0 Å². The van der Waals surface area contributed by atoms with Crippen LogP contribution in [0.2, 0.25) is 0 Å². The molecule has 15 rings (SSSR count). The lowest BCUT2D eigenvalue weighted by molar-refractivity contribution is 0.590. The van der Waals surface area contributed by atoms with Crippen LogP contribution in [0.4, 0.5) is 51.2 Å². The molecule has 4 heterocycles. The van der Waals surface area contributed by atoms with Gasteiger partial charge in [-0.1, -0.05) is 220 Å². The maximum atomic E-state index is 2.67. The van der Waals surface area contributed by atoms with E-state index in [4.69, 9.17) is 0 Å². The molecule has 6 heteroatoms. The van der Waals surface area contributed by atoms with E-state index in [9.17, 15) is 0 Å². The highest BCUT2D eigenvalue weighted by molar-refractivity contribution is 7.33. The van der Waals surface area contributed by atoms with Crippen molar-refractivity contribution < 1.29 is 0 Å². The Hall–Kier alpha value is -8.94. The van der Waals surface area contributed by atoms with Crippen molar-refractivity contribution in [2.24, 2.45) is 0 Å². The van der Waals surface area contributed by atoms with Crippen molar-refractivity contribution in [2.75, 3.05) is 14.7 Å². The van der Waals surface area contributed by atoms with Gasteiger partial charge in [-0.05, 0) is 168 Å². The van der Waals surface area contributed by atoms with E-state index in [0.29, 0.717) is 0 Å². The topological polar surface area (TPSA) is 9.72 Å². The first-order valence-electron chi connectivity index (χ1n) is 30.3. The second-order valence-electron chi connectivity index (χ2n) is 26.6. The number of rotatable bonds is 8. The maximum Gasteiger partial charge on any atom is 0.264 e. The highest BCUT2D eigenvalue weighted by atomic mass is 32.1. The van der Waals surface area contributed by atoms with Crippen LogP contribution < -0.4 is 30.4 Å². The highest BCUT2D eigenvalue weighted by Gasteiger charge is 2.46. The van der Waals surface area contributed by atoms with Crippen molar-refractivity contribution >= 4 is 127 Å². The third kappa shape index (κ3) is 9.16. The van der Waals surface area contributed by atoms with E-state index in [1.54, 1.807) is 0 Å². The molecule has 2 aliphatic rings. The number of fused-ring (bicyclic) bond motifs is 9. The van der Waals surface area contributed by atoms with Crippen molar-refractivity contribution in [1.29, 1.82) is 0 Å². The summed E-state index contributed by atoms with van der Waals surface area (Å²) in [6.45, 7) is 20.8. The molecule has 2 aromatic heterocycles. The van der Waals surface area contributed by atoms with Crippen LogP contribution in [-0.2, 0) is 16.2 Å². The summed E-state index contributed by atoms with van der Waals surface area (Å²) in [5, 5.41) is 3.85. The zero-order valence-corrected chi connectivity index (χ0v) is 52.0. The molecule has 0 bridgehead atoms. The lowest BCUT2D eigenvalue weighted by atomic mass is 9.36. The molecule has 0 radical (unpaired) electrons. The number of nitrogens with zero attached hydrogens (tertiary/aromatic N) is 3. The minimum Gasteiger partial charge on any atom is -0.311 e. The summed E-state index contributed by atoms with van der Waals surface area (Å²) in [5.74, 6) is 0. The standard InChI is InChI=1S/C80H68BN3S2/c1-78(2,3)57-31-35-59(36-32-57)82(60-37-33-58(34-38-60)79(4,5)6)61-40-42-67-69(49-61)84(68-43-29-55(46-66(68)80(7,8)9)52-23-15-11-16-24-52)71-48-56(53-25-17-12-18-26-53)47-70-75(71)81(67)77-76(65-45-54(30-44-73(65)86-77)51-21-13-10-14-22-51)83(70)62-39-41-64-63-27-19-20-28-72(63)85-74(64)50-62/h10-50H,1-9H3. The summed E-state index contributed by atoms with van der Waals surface area (Å²) in [6.07, 6.45) is 0. The lowest BCUT2D eigenvalue weighted by Crippen LogP contribution is -2.60. The van der Waals surface area contributed by atoms with Crippen molar-refractivity contribution in [3.63, 3.8) is 0 Å². The predicted molar refractivity (Wildman–Crippen MR) is 376 cm³/mol. The van der Waals surface area contributed by atoms with E-state index in [0.717, 1.165) is 22.7 Å². The van der Waals surface area contributed by atoms with E-state index < -0.39 is 0 Å². The molecule has 86 heavy (non-hydrogen) atoms. The molecular formula is C80H68BN3S2. The largest absolute Gasteiger partial charge is 0.311 e. The number of benzene rings is 11. The third-order valence-corrected chi connectivity index (χ3v) is 20.2. The van der Waals surface area contributed by atoms with Crippen LogP contribution in [0.1, 0.15) is 79.0 Å². The van der Waals surface area contributed by atoms with Gasteiger partial charge in [0.1, 0.15) is 0 Å². The van der Waals surface area contributed by atoms with Crippen LogP contribution in [0.5, 0.6) is 0 Å². The molecule has 0 saturated heterocycles. The average Bonchev–Trinajstić information content (AvgIpc) is 1.29. The molecule has 13 aromatic rings. The van der Waals surface area contributed by atoms with Crippen molar-refractivity contribution in [3.8, 4) is 33.4 Å². The SMILES string of the molecule is CC(C)(C)c1ccc(N(c2ccc(C(C)(C)C)cc2)c2ccc3c(c2)N(c2ccc(-c4ccccc4)cc2C(C)(C)C)c2cc(-c4ccccc4)cc4c2B3c2sc3ccc(-c5ccccc5)cc3c2N4c2ccc3c(c2)sc2ccccc23)cc1. The quantitative estimate of drug-likeness (QED) is 0.140. The Morgan fingerprint density at radius 1 is 0.337 bits per heavy atom. The van der Waals surface area contributed by atoms with Crippen LogP contribution in [0.15, 0.2) is 249 Å². The van der Waals surface area contributed by atoms with Crippen LogP contribution in [-0.4, -0.2) is 6.71 Å². The smallest absolute Gasteiger partial charge is 0.264 e. The molecular weight excluding hydrogens is 1080 g/mol. The molecule has 0 saturated carbocycles. The fourth-order valence-corrected chi connectivity index (χ4v) is 15.8. The Morgan fingerprint density at radius 2 is 0.860 bits per heavy atom. The van der Waals surface area contributed by atoms with Gasteiger partial charge in [0, 0.05) is 80.5 Å². The fourth-order valence-electron chi connectivity index (χ4n) is 13.4. The molecule has 0 amide bonds. The molecule has 0 N–H and O–H groups in total. The van der Waals surface area contributed by atoms with Crippen molar-refractivity contribution in [1.82, 2.24) is 0 Å². The van der Waals surface area contributed by atoms with E-state index >= 15 is 0 Å². The third-order valence-electron chi connectivity index (χ3n) is 17.9. The summed E-state index contributed by atoms with van der Waals surface area (Å²) >= 11 is 3.85. The molecule has 0 atom stereocenters. The van der Waals surface area contributed by atoms with Crippen LogP contribution in [0.25, 0.3) is 63.6 Å². The van der Waals surface area contributed by atoms with Crippen LogP contribution >= 0.6 is 22.7 Å². The van der Waals surface area contributed by atoms with Gasteiger partial charge in [-0.15, -0.1) is 22.7 Å². The zero-order valence-electron chi connectivity index (χ0n) is 50.4. The molecule has 0 unspecified atom stereocenters.